The van der Waals surface area contributed by atoms with Crippen LogP contribution >= 0.6 is 24.0 Å². The average molecular weight is 605 g/mol. The summed E-state index contributed by atoms with van der Waals surface area (Å²) >= 11 is 0. The number of hydrogen-bond donors (Lipinski definition) is 1. The van der Waals surface area contributed by atoms with Gasteiger partial charge in [-0.1, -0.05) is 66.2 Å². The molecule has 182 valence electrons. The maximum Gasteiger partial charge on any atom is 1.00 e. The van der Waals surface area contributed by atoms with Gasteiger partial charge in [0, 0.05) is 0 Å². The van der Waals surface area contributed by atoms with Crippen molar-refractivity contribution in [3.63, 3.8) is 0 Å². The van der Waals surface area contributed by atoms with Gasteiger partial charge < -0.3 is 10.9 Å². The molecular weight excluding hydrogens is 561 g/mol. The van der Waals surface area contributed by atoms with Crippen LogP contribution in [0.25, 0.3) is 0 Å². The summed E-state index contributed by atoms with van der Waals surface area (Å²) in [6.45, 7) is 8.35. The monoisotopic (exact) mass is 604 g/mol. The second-order valence-corrected chi connectivity index (χ2v) is 8.95. The van der Waals surface area contributed by atoms with Gasteiger partial charge in [-0.3, -0.25) is 14.1 Å². The Morgan fingerprint density at radius 1 is 0.903 bits per heavy atom. The molecule has 3 unspecified atom stereocenters. The van der Waals surface area contributed by atoms with Crippen LogP contribution in [0.2, 0.25) is 0 Å². The molecule has 0 saturated carbocycles. The van der Waals surface area contributed by atoms with E-state index in [0.29, 0.717) is 0 Å². The smallest absolute Gasteiger partial charge is 1.00 e. The van der Waals surface area contributed by atoms with E-state index >= 15 is 0 Å². The Morgan fingerprint density at radius 3 is 1.68 bits per heavy atom. The minimum atomic E-state index is -4.76. The van der Waals surface area contributed by atoms with Crippen molar-refractivity contribution in [3.05, 3.63) is 0 Å². The molecule has 1 N–H and O–H groups in total. The van der Waals surface area contributed by atoms with Crippen LogP contribution < -0.4 is 29.6 Å². The van der Waals surface area contributed by atoms with E-state index in [1.807, 2.05) is 13.8 Å². The standard InChI is InChI=1S/C20H38O7S.Al.HI.Na.4H/c1-5-9-11-16(7-3)14-26-19(21)13-18(28(23,24)25)20(22)27-15-17(8-4)12-10-6-2;;;;;;;/h16-18H,5-15H2,1-4H3,(H,23,24,25);;1H;;;;;/q;;;+1;;;;-1. The van der Waals surface area contributed by atoms with Crippen LogP contribution in [-0.2, 0) is 29.2 Å². The number of ether oxygens (including phenoxy) is 2. The van der Waals surface area contributed by atoms with Crippen LogP contribution in [0.4, 0.5) is 0 Å². The van der Waals surface area contributed by atoms with Gasteiger partial charge in [-0.2, -0.15) is 8.42 Å². The number of esters is 2. The first-order valence-corrected chi connectivity index (χ1v) is 12.0. The Balaban J connectivity index is -0.000000607. The SMILES string of the molecule is CCCCC(CC)COC(=O)CC(C(=O)OCC(CC)CCCC)S(=O)(=O)O.I.[AlH3].[H-].[Na+]. The van der Waals surface area contributed by atoms with Gasteiger partial charge in [-0.05, 0) is 24.7 Å². The third-order valence-electron chi connectivity index (χ3n) is 5.00. The van der Waals surface area contributed by atoms with Gasteiger partial charge in [0.1, 0.15) is 0 Å². The van der Waals surface area contributed by atoms with Crippen LogP contribution in [0.15, 0.2) is 0 Å². The maximum atomic E-state index is 12.2. The number of carbonyl (C=O) groups excluding carboxylic acids is 2. The summed E-state index contributed by atoms with van der Waals surface area (Å²) in [5.74, 6) is -1.61. The normalized spacial score (nSPS) is 13.5. The van der Waals surface area contributed by atoms with Crippen LogP contribution in [0, 0.1) is 11.8 Å². The van der Waals surface area contributed by atoms with E-state index in [1.165, 1.54) is 0 Å². The number of carbonyl (C=O) groups is 2. The zero-order valence-corrected chi connectivity index (χ0v) is 24.4. The molecule has 0 heterocycles. The molecule has 0 aromatic carbocycles. The largest absolute Gasteiger partial charge is 1.00 e. The molecule has 0 saturated heterocycles. The Morgan fingerprint density at radius 2 is 1.32 bits per heavy atom. The molecule has 31 heavy (non-hydrogen) atoms. The average Bonchev–Trinajstić information content (AvgIpc) is 2.65. The quantitative estimate of drug-likeness (QED) is 0.120. The van der Waals surface area contributed by atoms with E-state index in [1.54, 1.807) is 0 Å². The minimum absolute atomic E-state index is 0. The van der Waals surface area contributed by atoms with E-state index < -0.39 is 33.7 Å². The predicted molar refractivity (Wildman–Crippen MR) is 135 cm³/mol. The first kappa shape index (κ1) is 39.3. The van der Waals surface area contributed by atoms with Crippen LogP contribution in [0.3, 0.4) is 0 Å². The molecule has 11 heteroatoms. The molecule has 0 aliphatic heterocycles. The molecule has 3 atom stereocenters. The molecule has 7 nitrogen and oxygen atoms in total. The van der Waals surface area contributed by atoms with Crippen LogP contribution in [-0.4, -0.2) is 60.7 Å². The van der Waals surface area contributed by atoms with Crippen LogP contribution in [0.5, 0.6) is 0 Å². The van der Waals surface area contributed by atoms with Crippen molar-refractivity contribution in [1.29, 1.82) is 0 Å². The molecular formula is C20H43AlINaO7S. The molecule has 0 rings (SSSR count). The van der Waals surface area contributed by atoms with Gasteiger partial charge in [0.2, 0.25) is 0 Å². The Kier molecular flexibility index (Phi) is 29.0. The summed E-state index contributed by atoms with van der Waals surface area (Å²) < 4.78 is 42.8. The fourth-order valence-corrected chi connectivity index (χ4v) is 3.48. The van der Waals surface area contributed by atoms with Gasteiger partial charge in [0.15, 0.2) is 22.6 Å². The predicted octanol–water partition coefficient (Wildman–Crippen LogP) is 0.703. The minimum Gasteiger partial charge on any atom is -1.00 e. The summed E-state index contributed by atoms with van der Waals surface area (Å²) in [6, 6.07) is 0. The van der Waals surface area contributed by atoms with Gasteiger partial charge in [-0.25, -0.2) is 0 Å². The van der Waals surface area contributed by atoms with E-state index in [-0.39, 0.29) is 97.4 Å². The molecule has 0 bridgehead atoms. The fourth-order valence-electron chi connectivity index (χ4n) is 2.82. The Hall–Kier alpha value is 1.11. The topological polar surface area (TPSA) is 107 Å². The first-order valence-electron chi connectivity index (χ1n) is 10.5. The van der Waals surface area contributed by atoms with Gasteiger partial charge in [-0.15, -0.1) is 24.0 Å². The van der Waals surface area contributed by atoms with E-state index in [4.69, 9.17) is 9.47 Å². The second kappa shape index (κ2) is 22.9. The first-order chi connectivity index (χ1) is 13.2. The third kappa shape index (κ3) is 19.1. The van der Waals surface area contributed by atoms with Gasteiger partial charge in [0.05, 0.1) is 19.6 Å². The molecule has 0 aliphatic rings. The zero-order chi connectivity index (χ0) is 21.6. The summed E-state index contributed by atoms with van der Waals surface area (Å²) in [4.78, 5) is 24.2. The molecule has 0 amide bonds. The van der Waals surface area contributed by atoms with E-state index in [9.17, 15) is 22.6 Å². The van der Waals surface area contributed by atoms with E-state index in [0.717, 1.165) is 51.4 Å². The van der Waals surface area contributed by atoms with Crippen molar-refractivity contribution in [2.75, 3.05) is 13.2 Å². The van der Waals surface area contributed by atoms with Crippen molar-refractivity contribution in [1.82, 2.24) is 0 Å². The molecule has 0 fully saturated rings. The van der Waals surface area contributed by atoms with Crippen molar-refractivity contribution in [2.45, 2.75) is 90.7 Å². The number of halogens is 1. The molecule has 0 aromatic heterocycles. The van der Waals surface area contributed by atoms with Gasteiger partial charge >= 0.3 is 41.5 Å². The van der Waals surface area contributed by atoms with E-state index in [2.05, 4.69) is 13.8 Å². The summed E-state index contributed by atoms with van der Waals surface area (Å²) in [5, 5.41) is -1.95. The van der Waals surface area contributed by atoms with Crippen molar-refractivity contribution in [2.24, 2.45) is 11.8 Å². The zero-order valence-electron chi connectivity index (χ0n) is 20.2. The second-order valence-electron chi connectivity index (χ2n) is 7.35. The fraction of sp³-hybridized carbons (Fsp3) is 0.900. The summed E-state index contributed by atoms with van der Waals surface area (Å²) in [7, 11) is -4.76. The van der Waals surface area contributed by atoms with Crippen molar-refractivity contribution in [3.8, 4) is 0 Å². The number of unbranched alkanes of at least 4 members (excludes halogenated alkanes) is 2. The Bertz CT molecular complexity index is 570. The third-order valence-corrected chi connectivity index (χ3v) is 6.08. The maximum absolute atomic E-state index is 12.2. The summed E-state index contributed by atoms with van der Waals surface area (Å²) in [6.07, 6.45) is 6.74. The molecule has 0 radical (unpaired) electrons. The van der Waals surface area contributed by atoms with Gasteiger partial charge in [0.25, 0.3) is 10.1 Å². The number of rotatable bonds is 16. The van der Waals surface area contributed by atoms with Crippen molar-refractivity contribution < 1.29 is 63.0 Å². The number of hydrogen-bond acceptors (Lipinski definition) is 6. The molecule has 0 aromatic rings. The molecule has 0 spiro atoms. The molecule has 0 aliphatic carbocycles. The van der Waals surface area contributed by atoms with Crippen molar-refractivity contribution >= 4 is 63.4 Å². The Labute approximate surface area is 240 Å². The summed E-state index contributed by atoms with van der Waals surface area (Å²) in [5.41, 5.74) is 0. The van der Waals surface area contributed by atoms with Crippen LogP contribution in [0.1, 0.15) is 86.9 Å².